The Kier molecular flexibility index (Phi) is 5.14. The lowest BCUT2D eigenvalue weighted by Crippen LogP contribution is -2.53. The summed E-state index contributed by atoms with van der Waals surface area (Å²) < 4.78 is 0. The maximum Gasteiger partial charge on any atom is 0.270 e. The van der Waals surface area contributed by atoms with Gasteiger partial charge in [-0.2, -0.15) is 0 Å². The van der Waals surface area contributed by atoms with Crippen LogP contribution in [0.5, 0.6) is 5.75 Å². The number of hydrogen-bond acceptors (Lipinski definition) is 4. The van der Waals surface area contributed by atoms with Crippen LogP contribution in [0.15, 0.2) is 23.2 Å². The zero-order chi connectivity index (χ0) is 21.8. The fourth-order valence-electron chi connectivity index (χ4n) is 8.43. The van der Waals surface area contributed by atoms with E-state index >= 15 is 0 Å². The maximum atomic E-state index is 12.2. The molecule has 5 nitrogen and oxygen atoms in total. The van der Waals surface area contributed by atoms with Crippen LogP contribution >= 0.6 is 0 Å². The van der Waals surface area contributed by atoms with E-state index in [1.807, 2.05) is 0 Å². The first-order valence-electron chi connectivity index (χ1n) is 12.3. The Morgan fingerprint density at radius 1 is 1.00 bits per heavy atom. The number of fused-ring (bicyclic) bond motifs is 5. The van der Waals surface area contributed by atoms with Crippen LogP contribution in [0.2, 0.25) is 0 Å². The SMILES string of the molecule is C[C@]12CCCC[C@@H]1CC[C@@H]1[C@@H]2CC[C@]2(C)[C@H](N=Cc3cc([N+](=O)[O-])ccc3[O-])CC[C@@H]12. The summed E-state index contributed by atoms with van der Waals surface area (Å²) in [5.41, 5.74) is 1.03. The first-order chi connectivity index (χ1) is 14.8. The van der Waals surface area contributed by atoms with Gasteiger partial charge in [0.15, 0.2) is 0 Å². The van der Waals surface area contributed by atoms with Crippen molar-refractivity contribution in [3.05, 3.63) is 33.9 Å². The predicted octanol–water partition coefficient (Wildman–Crippen LogP) is 5.89. The molecule has 0 unspecified atom stereocenters. The van der Waals surface area contributed by atoms with Crippen LogP contribution in [0.4, 0.5) is 5.69 Å². The van der Waals surface area contributed by atoms with Crippen molar-refractivity contribution in [2.75, 3.05) is 0 Å². The third kappa shape index (κ3) is 3.30. The highest BCUT2D eigenvalue weighted by molar-refractivity contribution is 5.84. The molecule has 0 N–H and O–H groups in total. The van der Waals surface area contributed by atoms with E-state index in [1.54, 1.807) is 6.21 Å². The lowest BCUT2D eigenvalue weighted by Gasteiger charge is -2.60. The van der Waals surface area contributed by atoms with Gasteiger partial charge >= 0.3 is 0 Å². The molecule has 0 radical (unpaired) electrons. The van der Waals surface area contributed by atoms with E-state index in [9.17, 15) is 15.2 Å². The van der Waals surface area contributed by atoms with E-state index < -0.39 is 4.92 Å². The Hall–Kier alpha value is -1.91. The van der Waals surface area contributed by atoms with Crippen molar-refractivity contribution in [3.8, 4) is 5.75 Å². The fraction of sp³-hybridized carbons (Fsp3) is 0.731. The molecule has 5 heteroatoms. The zero-order valence-electron chi connectivity index (χ0n) is 18.9. The van der Waals surface area contributed by atoms with Crippen LogP contribution in [0.3, 0.4) is 0 Å². The number of benzene rings is 1. The Morgan fingerprint density at radius 3 is 2.61 bits per heavy atom. The van der Waals surface area contributed by atoms with Gasteiger partial charge in [-0.1, -0.05) is 38.5 Å². The van der Waals surface area contributed by atoms with Gasteiger partial charge in [0.1, 0.15) is 0 Å². The number of rotatable bonds is 3. The van der Waals surface area contributed by atoms with Gasteiger partial charge in [-0.3, -0.25) is 15.1 Å². The van der Waals surface area contributed by atoms with Crippen molar-refractivity contribution in [2.24, 2.45) is 39.5 Å². The van der Waals surface area contributed by atoms with Crippen LogP contribution < -0.4 is 5.11 Å². The third-order valence-corrected chi connectivity index (χ3v) is 10.1. The third-order valence-electron chi connectivity index (χ3n) is 10.1. The summed E-state index contributed by atoms with van der Waals surface area (Å²) in [5.74, 6) is 3.17. The van der Waals surface area contributed by atoms with E-state index in [1.165, 1.54) is 76.0 Å². The molecule has 5 rings (SSSR count). The Labute approximate surface area is 185 Å². The molecule has 1 aromatic carbocycles. The largest absolute Gasteiger partial charge is 0.872 e. The summed E-state index contributed by atoms with van der Waals surface area (Å²) in [4.78, 5) is 15.5. The molecule has 0 aliphatic heterocycles. The van der Waals surface area contributed by atoms with Gasteiger partial charge in [0.25, 0.3) is 5.69 Å². The molecule has 0 saturated heterocycles. The number of aliphatic imine (C=N–C) groups is 1. The van der Waals surface area contributed by atoms with Crippen LogP contribution in [-0.4, -0.2) is 17.2 Å². The molecule has 0 amide bonds. The van der Waals surface area contributed by atoms with Gasteiger partial charge in [-0.15, -0.1) is 0 Å². The topological polar surface area (TPSA) is 78.6 Å². The Morgan fingerprint density at radius 2 is 1.81 bits per heavy atom. The van der Waals surface area contributed by atoms with Crippen molar-refractivity contribution >= 4 is 11.9 Å². The summed E-state index contributed by atoms with van der Waals surface area (Å²) >= 11 is 0. The molecule has 7 atom stereocenters. The summed E-state index contributed by atoms with van der Waals surface area (Å²) in [7, 11) is 0. The highest BCUT2D eigenvalue weighted by Gasteiger charge is 2.59. The number of nitro groups is 1. The first-order valence-corrected chi connectivity index (χ1v) is 12.3. The maximum absolute atomic E-state index is 12.2. The highest BCUT2D eigenvalue weighted by atomic mass is 16.6. The molecular formula is C26H35N2O3-. The second kappa shape index (κ2) is 7.60. The number of non-ortho nitro benzene ring substituents is 1. The van der Waals surface area contributed by atoms with E-state index in [0.717, 1.165) is 30.1 Å². The smallest absolute Gasteiger partial charge is 0.270 e. The van der Waals surface area contributed by atoms with Gasteiger partial charge in [-0.25, -0.2) is 0 Å². The second-order valence-corrected chi connectivity index (χ2v) is 11.3. The van der Waals surface area contributed by atoms with Crippen molar-refractivity contribution in [1.82, 2.24) is 0 Å². The second-order valence-electron chi connectivity index (χ2n) is 11.3. The molecule has 0 bridgehead atoms. The molecule has 0 aromatic heterocycles. The van der Waals surface area contributed by atoms with Gasteiger partial charge in [-0.05, 0) is 91.4 Å². The molecule has 0 spiro atoms. The summed E-state index contributed by atoms with van der Waals surface area (Å²) in [6.45, 7) is 5.04. The molecule has 168 valence electrons. The average Bonchev–Trinajstić information content (AvgIpc) is 3.09. The minimum atomic E-state index is -0.451. The van der Waals surface area contributed by atoms with Crippen LogP contribution in [0, 0.1) is 44.6 Å². The normalized spacial score (nSPS) is 42.1. The molecule has 4 aliphatic carbocycles. The highest BCUT2D eigenvalue weighted by Crippen LogP contribution is 2.66. The van der Waals surface area contributed by atoms with Crippen LogP contribution in [0.1, 0.15) is 83.6 Å². The summed E-state index contributed by atoms with van der Waals surface area (Å²) in [6.07, 6.45) is 15.0. The minimum Gasteiger partial charge on any atom is -0.872 e. The van der Waals surface area contributed by atoms with Crippen LogP contribution in [0.25, 0.3) is 0 Å². The predicted molar refractivity (Wildman–Crippen MR) is 120 cm³/mol. The van der Waals surface area contributed by atoms with Crippen molar-refractivity contribution in [3.63, 3.8) is 0 Å². The molecular weight excluding hydrogens is 388 g/mol. The minimum absolute atomic E-state index is 0.0467. The van der Waals surface area contributed by atoms with E-state index in [-0.39, 0.29) is 22.9 Å². The van der Waals surface area contributed by atoms with Crippen molar-refractivity contribution in [2.45, 2.75) is 84.1 Å². The molecule has 4 aliphatic rings. The fourth-order valence-corrected chi connectivity index (χ4v) is 8.43. The standard InChI is InChI=1S/C26H36N2O3/c1-25-13-4-3-5-18(25)6-8-20-21-9-11-24(26(21,2)14-12-22(20)25)27-16-17-15-19(28(30)31)7-10-23(17)29/h7,10,15-16,18,20-22,24,29H,3-6,8-9,11-14H2,1-2H3/p-1/t18-,20+,21+,22+,24-,25+,26+/m1/s1. The number of nitro benzene ring substituents is 1. The molecule has 0 heterocycles. The summed E-state index contributed by atoms with van der Waals surface area (Å²) in [5, 5.41) is 23.3. The summed E-state index contributed by atoms with van der Waals surface area (Å²) in [6, 6.07) is 4.14. The molecule has 4 saturated carbocycles. The van der Waals surface area contributed by atoms with Crippen molar-refractivity contribution in [1.29, 1.82) is 0 Å². The van der Waals surface area contributed by atoms with E-state index in [2.05, 4.69) is 13.8 Å². The van der Waals surface area contributed by atoms with Gasteiger partial charge < -0.3 is 5.11 Å². The number of nitrogens with zero attached hydrogens (tertiary/aromatic N) is 2. The first kappa shape index (κ1) is 21.0. The van der Waals surface area contributed by atoms with E-state index in [4.69, 9.17) is 4.99 Å². The molecule has 1 aromatic rings. The molecule has 31 heavy (non-hydrogen) atoms. The lowest BCUT2D eigenvalue weighted by atomic mass is 9.45. The quantitative estimate of drug-likeness (QED) is 0.345. The molecule has 4 fully saturated rings. The monoisotopic (exact) mass is 423 g/mol. The average molecular weight is 424 g/mol. The number of hydrogen-bond donors (Lipinski definition) is 0. The van der Waals surface area contributed by atoms with E-state index in [0.29, 0.717) is 11.0 Å². The Bertz CT molecular complexity index is 899. The van der Waals surface area contributed by atoms with Gasteiger partial charge in [0.05, 0.1) is 11.0 Å². The van der Waals surface area contributed by atoms with Crippen LogP contribution in [-0.2, 0) is 0 Å². The van der Waals surface area contributed by atoms with Crippen molar-refractivity contribution < 1.29 is 10.0 Å². The van der Waals surface area contributed by atoms with Gasteiger partial charge in [0.2, 0.25) is 0 Å². The Balaban J connectivity index is 1.37. The zero-order valence-corrected chi connectivity index (χ0v) is 18.9. The lowest BCUT2D eigenvalue weighted by molar-refractivity contribution is -0.385. The van der Waals surface area contributed by atoms with Gasteiger partial charge in [0, 0.05) is 18.3 Å².